The van der Waals surface area contributed by atoms with Crippen molar-refractivity contribution in [3.8, 4) is 11.8 Å². The number of anilines is 3. The number of piperidine rings is 1. The second-order valence-corrected chi connectivity index (χ2v) is 14.4. The van der Waals surface area contributed by atoms with Crippen molar-refractivity contribution in [1.82, 2.24) is 10.2 Å². The van der Waals surface area contributed by atoms with Crippen LogP contribution in [-0.2, 0) is 34.8 Å². The molecule has 0 aliphatic carbocycles. The highest BCUT2D eigenvalue weighted by Crippen LogP contribution is 2.36. The van der Waals surface area contributed by atoms with Crippen LogP contribution in [0.3, 0.4) is 0 Å². The zero-order valence-electron chi connectivity index (χ0n) is 33.0. The molecule has 0 aromatic heterocycles. The predicted octanol–water partition coefficient (Wildman–Crippen LogP) is 4.72. The van der Waals surface area contributed by atoms with Crippen LogP contribution in [0.5, 0.6) is 5.75 Å². The summed E-state index contributed by atoms with van der Waals surface area (Å²) in [6, 6.07) is 15.3. The first-order valence-electron chi connectivity index (χ1n) is 18.8. The van der Waals surface area contributed by atoms with Gasteiger partial charge in [0.2, 0.25) is 11.8 Å². The molecule has 318 valence electrons. The van der Waals surface area contributed by atoms with Crippen LogP contribution >= 0.6 is 12.2 Å². The fourth-order valence-corrected chi connectivity index (χ4v) is 6.89. The number of hydrogen-bond acceptors (Lipinski definition) is 12. The van der Waals surface area contributed by atoms with E-state index in [9.17, 15) is 37.1 Å². The lowest BCUT2D eigenvalue weighted by molar-refractivity contribution is -0.138. The molecule has 1 saturated heterocycles. The van der Waals surface area contributed by atoms with E-state index >= 15 is 0 Å². The highest BCUT2D eigenvalue weighted by atomic mass is 32.1. The van der Waals surface area contributed by atoms with E-state index in [0.717, 1.165) is 17.0 Å². The number of halogens is 3. The van der Waals surface area contributed by atoms with Crippen molar-refractivity contribution >= 4 is 64.3 Å². The van der Waals surface area contributed by atoms with Crippen LogP contribution in [0, 0.1) is 11.3 Å². The van der Waals surface area contributed by atoms with Gasteiger partial charge in [0, 0.05) is 37.1 Å². The molecule has 0 spiro atoms. The Morgan fingerprint density at radius 2 is 1.57 bits per heavy atom. The smallest absolute Gasteiger partial charge is 0.417 e. The number of nitrogens with one attached hydrogen (secondary N) is 2. The van der Waals surface area contributed by atoms with E-state index in [4.69, 9.17) is 36.4 Å². The molecule has 19 heteroatoms. The minimum absolute atomic E-state index is 0.0364. The molecule has 4 amide bonds. The van der Waals surface area contributed by atoms with Gasteiger partial charge in [-0.25, -0.2) is 0 Å². The molecule has 2 aliphatic rings. The molecule has 0 saturated carbocycles. The highest BCUT2D eigenvalue weighted by Gasteiger charge is 2.45. The molecule has 60 heavy (non-hydrogen) atoms. The first kappa shape index (κ1) is 45.1. The average molecular weight is 853 g/mol. The van der Waals surface area contributed by atoms with Gasteiger partial charge in [-0.1, -0.05) is 6.07 Å². The van der Waals surface area contributed by atoms with Gasteiger partial charge in [0.25, 0.3) is 11.8 Å². The van der Waals surface area contributed by atoms with Crippen molar-refractivity contribution in [3.05, 3.63) is 82.9 Å². The molecule has 15 nitrogen and oxygen atoms in total. The Morgan fingerprint density at radius 1 is 0.933 bits per heavy atom. The molecular weight excluding hydrogens is 810 g/mol. The fourth-order valence-electron chi connectivity index (χ4n) is 6.45. The molecule has 0 unspecified atom stereocenters. The normalized spacial score (nSPS) is 15.3. The molecule has 1 fully saturated rings. The lowest BCUT2D eigenvalue weighted by Crippen LogP contribution is -2.54. The topological polar surface area (TPSA) is 180 Å². The van der Waals surface area contributed by atoms with Gasteiger partial charge in [-0.05, 0) is 87.1 Å². The third-order valence-electron chi connectivity index (χ3n) is 9.52. The van der Waals surface area contributed by atoms with Crippen LogP contribution in [0.25, 0.3) is 0 Å². The monoisotopic (exact) mass is 852 g/mol. The summed E-state index contributed by atoms with van der Waals surface area (Å²) in [6.45, 7) is 5.54. The molecule has 0 radical (unpaired) electrons. The van der Waals surface area contributed by atoms with Crippen LogP contribution < -0.4 is 25.2 Å². The van der Waals surface area contributed by atoms with E-state index in [1.807, 2.05) is 0 Å². The lowest BCUT2D eigenvalue weighted by atomic mass is 10.0. The van der Waals surface area contributed by atoms with Crippen molar-refractivity contribution in [2.24, 2.45) is 0 Å². The number of aldehydes is 1. The van der Waals surface area contributed by atoms with Gasteiger partial charge >= 0.3 is 6.18 Å². The van der Waals surface area contributed by atoms with Crippen molar-refractivity contribution in [3.63, 3.8) is 0 Å². The van der Waals surface area contributed by atoms with Crippen molar-refractivity contribution in [2.75, 3.05) is 75.0 Å². The van der Waals surface area contributed by atoms with Crippen LogP contribution in [0.1, 0.15) is 58.5 Å². The summed E-state index contributed by atoms with van der Waals surface area (Å²) in [5.74, 6) is -1.79. The quantitative estimate of drug-likeness (QED) is 0.0732. The molecule has 2 N–H and O–H groups in total. The number of nitriles is 1. The molecule has 2 aliphatic heterocycles. The van der Waals surface area contributed by atoms with Crippen LogP contribution in [0.4, 0.5) is 30.2 Å². The summed E-state index contributed by atoms with van der Waals surface area (Å²) in [5, 5.41) is 14.5. The van der Waals surface area contributed by atoms with Gasteiger partial charge in [0.1, 0.15) is 24.7 Å². The average Bonchev–Trinajstić information content (AvgIpc) is 3.48. The molecule has 3 aromatic carbocycles. The molecule has 2 heterocycles. The Hall–Kier alpha value is -5.94. The number of benzene rings is 3. The summed E-state index contributed by atoms with van der Waals surface area (Å²) >= 11 is 5.67. The zero-order chi connectivity index (χ0) is 43.6. The number of carbonyl (C=O) groups excluding carboxylic acids is 5. The fraction of sp³-hybridized carbons (Fsp3) is 0.390. The van der Waals surface area contributed by atoms with Crippen molar-refractivity contribution in [2.45, 2.75) is 44.4 Å². The maximum atomic E-state index is 13.6. The molecular formula is C41H43F3N6O9S. The molecule has 3 aromatic rings. The lowest BCUT2D eigenvalue weighted by Gasteiger charge is -2.39. The third kappa shape index (κ3) is 10.6. The number of nitrogens with zero attached hydrogens (tertiary/aromatic N) is 4. The second kappa shape index (κ2) is 19.9. The Balaban J connectivity index is 0.981. The van der Waals surface area contributed by atoms with Gasteiger partial charge in [-0.3, -0.25) is 29.4 Å². The number of imide groups is 2. The zero-order valence-corrected chi connectivity index (χ0v) is 33.8. The van der Waals surface area contributed by atoms with Gasteiger partial charge in [0.05, 0.1) is 73.5 Å². The first-order chi connectivity index (χ1) is 28.6. The van der Waals surface area contributed by atoms with E-state index in [0.29, 0.717) is 56.4 Å². The van der Waals surface area contributed by atoms with E-state index in [-0.39, 0.29) is 54.6 Å². The predicted molar refractivity (Wildman–Crippen MR) is 216 cm³/mol. The Morgan fingerprint density at radius 3 is 2.18 bits per heavy atom. The van der Waals surface area contributed by atoms with Crippen LogP contribution in [0.2, 0.25) is 0 Å². The number of amides is 4. The Bertz CT molecular complexity index is 2140. The van der Waals surface area contributed by atoms with E-state index in [1.165, 1.54) is 29.0 Å². The standard InChI is InChI=1S/C41H43F3N6O9S/c1-40(2,25-51)50(39(60)48(3)28-8-7-26(24-45)31(23-28)41(42,43)44)27-9-11-29(12-10-27)59-22-21-58-20-19-57-18-17-56-16-15-46-32-6-4-5-30-35(32)38(55)49(37(30)54)33-13-14-34(52)47-36(33)53/h4-12,23,25,33,46H,13-22H2,1-3H3,(H,47,52,53)/t33-/m1/s1. The number of thiocarbonyl (C=S) groups is 1. The molecule has 5 rings (SSSR count). The number of alkyl halides is 3. The highest BCUT2D eigenvalue weighted by molar-refractivity contribution is 7.80. The Kier molecular flexibility index (Phi) is 15.0. The summed E-state index contributed by atoms with van der Waals surface area (Å²) in [5.41, 5.74) is -1.44. The molecule has 1 atom stereocenters. The summed E-state index contributed by atoms with van der Waals surface area (Å²) in [4.78, 5) is 66.0. The number of hydrogen-bond donors (Lipinski definition) is 2. The van der Waals surface area contributed by atoms with Gasteiger partial charge < -0.3 is 38.9 Å². The van der Waals surface area contributed by atoms with E-state index in [2.05, 4.69) is 10.6 Å². The number of ether oxygens (including phenoxy) is 4. The summed E-state index contributed by atoms with van der Waals surface area (Å²) in [7, 11) is 1.48. The Labute approximate surface area is 349 Å². The van der Waals surface area contributed by atoms with E-state index in [1.54, 1.807) is 56.3 Å². The minimum Gasteiger partial charge on any atom is -0.491 e. The minimum atomic E-state index is -4.76. The van der Waals surface area contributed by atoms with Crippen molar-refractivity contribution in [1.29, 1.82) is 5.26 Å². The number of fused-ring (bicyclic) bond motifs is 1. The SMILES string of the molecule is CN(C(=S)N(c1ccc(OCCOCCOCCOCCNc2cccc3c2C(=O)N([C@@H]2CCC(=O)NC2=O)C3=O)cc1)C(C)(C)C=O)c1ccc(C#N)c(C(F)(F)F)c1. The van der Waals surface area contributed by atoms with E-state index < -0.39 is 52.5 Å². The van der Waals surface area contributed by atoms with Crippen LogP contribution in [0.15, 0.2) is 60.7 Å². The van der Waals surface area contributed by atoms with Gasteiger partial charge in [-0.2, -0.15) is 18.4 Å². The van der Waals surface area contributed by atoms with Gasteiger partial charge in [-0.15, -0.1) is 0 Å². The number of rotatable bonds is 19. The maximum absolute atomic E-state index is 13.6. The maximum Gasteiger partial charge on any atom is 0.417 e. The van der Waals surface area contributed by atoms with Crippen LogP contribution in [-0.4, -0.2) is 111 Å². The van der Waals surface area contributed by atoms with Crippen molar-refractivity contribution < 1.29 is 56.1 Å². The first-order valence-corrected chi connectivity index (χ1v) is 19.2. The number of carbonyl (C=O) groups is 5. The largest absolute Gasteiger partial charge is 0.491 e. The summed E-state index contributed by atoms with van der Waals surface area (Å²) < 4.78 is 63.4. The van der Waals surface area contributed by atoms with Gasteiger partial charge in [0.15, 0.2) is 5.11 Å². The molecule has 0 bridgehead atoms. The third-order valence-corrected chi connectivity index (χ3v) is 9.98. The summed E-state index contributed by atoms with van der Waals surface area (Å²) in [6.07, 6.45) is -3.97. The second-order valence-electron chi connectivity index (χ2n) is 14.1.